The highest BCUT2D eigenvalue weighted by Crippen LogP contribution is 2.46. The summed E-state index contributed by atoms with van der Waals surface area (Å²) in [5, 5.41) is 10.1. The van der Waals surface area contributed by atoms with Gasteiger partial charge in [-0.05, 0) is 43.4 Å². The van der Waals surface area contributed by atoms with E-state index in [9.17, 15) is 9.90 Å². The molecule has 2 saturated carbocycles. The second-order valence-corrected chi connectivity index (χ2v) is 5.29. The van der Waals surface area contributed by atoms with Crippen LogP contribution in [-0.4, -0.2) is 14.7 Å². The monoisotopic (exact) mass is 230 g/mol. The van der Waals surface area contributed by atoms with Crippen molar-refractivity contribution in [3.63, 3.8) is 0 Å². The van der Waals surface area contributed by atoms with Gasteiger partial charge in [0.25, 0.3) is 0 Å². The molecule has 17 heavy (non-hydrogen) atoms. The summed E-state index contributed by atoms with van der Waals surface area (Å²) in [4.78, 5) is 14.7. The van der Waals surface area contributed by atoms with E-state index >= 15 is 0 Å². The van der Waals surface area contributed by atoms with Crippen LogP contribution in [-0.2, 0) is 5.60 Å². The van der Waals surface area contributed by atoms with Gasteiger partial charge in [-0.25, -0.2) is 4.79 Å². The summed E-state index contributed by atoms with van der Waals surface area (Å²) in [6, 6.07) is 6.20. The molecule has 88 valence electrons. The van der Waals surface area contributed by atoms with E-state index in [0.29, 0.717) is 6.04 Å². The maximum Gasteiger partial charge on any atom is 0.326 e. The van der Waals surface area contributed by atoms with Gasteiger partial charge < -0.3 is 10.1 Å². The quantitative estimate of drug-likeness (QED) is 0.824. The lowest BCUT2D eigenvalue weighted by Crippen LogP contribution is -2.14. The number of fused-ring (bicyclic) bond motifs is 1. The molecule has 2 aliphatic rings. The Balaban J connectivity index is 1.94. The highest BCUT2D eigenvalue weighted by Gasteiger charge is 2.42. The fourth-order valence-electron chi connectivity index (χ4n) is 2.52. The number of aromatic nitrogens is 2. The minimum Gasteiger partial charge on any atom is -0.385 e. The largest absolute Gasteiger partial charge is 0.385 e. The van der Waals surface area contributed by atoms with Crippen LogP contribution in [0.25, 0.3) is 11.0 Å². The highest BCUT2D eigenvalue weighted by atomic mass is 16.3. The van der Waals surface area contributed by atoms with Crippen LogP contribution in [0.2, 0.25) is 0 Å². The molecule has 0 aliphatic heterocycles. The molecule has 0 amide bonds. The Hall–Kier alpha value is -1.55. The molecule has 2 aromatic rings. The minimum atomic E-state index is -0.632. The average molecular weight is 230 g/mol. The van der Waals surface area contributed by atoms with Gasteiger partial charge in [-0.15, -0.1) is 0 Å². The molecule has 0 spiro atoms. The van der Waals surface area contributed by atoms with Gasteiger partial charge in [-0.3, -0.25) is 4.57 Å². The van der Waals surface area contributed by atoms with Gasteiger partial charge in [0.15, 0.2) is 0 Å². The van der Waals surface area contributed by atoms with Crippen LogP contribution < -0.4 is 5.69 Å². The topological polar surface area (TPSA) is 58.0 Å². The lowest BCUT2D eigenvalue weighted by Gasteiger charge is -2.08. The normalized spacial score (nSPS) is 21.9. The van der Waals surface area contributed by atoms with E-state index < -0.39 is 5.60 Å². The Morgan fingerprint density at radius 1 is 1.35 bits per heavy atom. The predicted molar refractivity (Wildman–Crippen MR) is 64.0 cm³/mol. The van der Waals surface area contributed by atoms with Crippen molar-refractivity contribution in [2.24, 2.45) is 0 Å². The number of H-pyrrole nitrogens is 1. The Kier molecular flexibility index (Phi) is 1.57. The molecule has 4 heteroatoms. The summed E-state index contributed by atoms with van der Waals surface area (Å²) in [6.07, 6.45) is 3.84. The van der Waals surface area contributed by atoms with Crippen LogP contribution in [0.5, 0.6) is 0 Å². The van der Waals surface area contributed by atoms with Gasteiger partial charge in [0.1, 0.15) is 0 Å². The zero-order valence-corrected chi connectivity index (χ0v) is 9.44. The summed E-state index contributed by atoms with van der Waals surface area (Å²) >= 11 is 0. The number of aliphatic hydroxyl groups is 1. The standard InChI is InChI=1S/C13H14N2O2/c16-12-14-10-7-8(13(17)5-6-13)1-4-11(10)15(12)9-2-3-9/h1,4,7,9,17H,2-3,5-6H2,(H,14,16). The summed E-state index contributed by atoms with van der Waals surface area (Å²) in [6.45, 7) is 0. The Morgan fingerprint density at radius 3 is 2.76 bits per heavy atom. The third kappa shape index (κ3) is 1.30. The fourth-order valence-corrected chi connectivity index (χ4v) is 2.52. The SMILES string of the molecule is O=c1[nH]c2cc(C3(O)CC3)ccc2n1C1CC1. The lowest BCUT2D eigenvalue weighted by molar-refractivity contribution is 0.151. The number of rotatable bonds is 2. The van der Waals surface area contributed by atoms with Crippen LogP contribution in [0.15, 0.2) is 23.0 Å². The van der Waals surface area contributed by atoms with Gasteiger partial charge in [0.2, 0.25) is 0 Å². The maximum absolute atomic E-state index is 11.8. The van der Waals surface area contributed by atoms with Crippen LogP contribution >= 0.6 is 0 Å². The Bertz CT molecular complexity index is 660. The molecule has 2 fully saturated rings. The molecule has 4 nitrogen and oxygen atoms in total. The molecule has 2 aliphatic carbocycles. The highest BCUT2D eigenvalue weighted by molar-refractivity contribution is 5.76. The van der Waals surface area contributed by atoms with Crippen molar-refractivity contribution in [1.29, 1.82) is 0 Å². The van der Waals surface area contributed by atoms with E-state index in [2.05, 4.69) is 4.98 Å². The van der Waals surface area contributed by atoms with E-state index in [1.807, 2.05) is 22.8 Å². The Labute approximate surface area is 97.9 Å². The number of nitrogens with zero attached hydrogens (tertiary/aromatic N) is 1. The van der Waals surface area contributed by atoms with Crippen LogP contribution in [0.3, 0.4) is 0 Å². The molecule has 0 radical (unpaired) electrons. The molecular weight excluding hydrogens is 216 g/mol. The van der Waals surface area contributed by atoms with Crippen molar-refractivity contribution in [3.05, 3.63) is 34.2 Å². The van der Waals surface area contributed by atoms with E-state index in [-0.39, 0.29) is 5.69 Å². The molecule has 0 bridgehead atoms. The first kappa shape index (κ1) is 9.48. The molecule has 2 N–H and O–H groups in total. The molecule has 0 atom stereocenters. The molecule has 1 heterocycles. The van der Waals surface area contributed by atoms with E-state index in [0.717, 1.165) is 42.3 Å². The van der Waals surface area contributed by atoms with Crippen molar-refractivity contribution < 1.29 is 5.11 Å². The van der Waals surface area contributed by atoms with E-state index in [1.54, 1.807) is 0 Å². The number of aromatic amines is 1. The molecule has 0 saturated heterocycles. The molecule has 0 unspecified atom stereocenters. The van der Waals surface area contributed by atoms with Crippen molar-refractivity contribution in [1.82, 2.24) is 9.55 Å². The zero-order chi connectivity index (χ0) is 11.6. The molecule has 4 rings (SSSR count). The Morgan fingerprint density at radius 2 is 2.12 bits per heavy atom. The van der Waals surface area contributed by atoms with Gasteiger partial charge >= 0.3 is 5.69 Å². The molecule has 1 aromatic carbocycles. The maximum atomic E-state index is 11.8. The first-order chi connectivity index (χ1) is 8.17. The van der Waals surface area contributed by atoms with Gasteiger partial charge in [0, 0.05) is 6.04 Å². The average Bonchev–Trinajstić information content (AvgIpc) is 3.20. The van der Waals surface area contributed by atoms with Crippen molar-refractivity contribution >= 4 is 11.0 Å². The smallest absolute Gasteiger partial charge is 0.326 e. The fraction of sp³-hybridized carbons (Fsp3) is 0.462. The first-order valence-electron chi connectivity index (χ1n) is 6.14. The van der Waals surface area contributed by atoms with Gasteiger partial charge in [0.05, 0.1) is 16.6 Å². The molecular formula is C13H14N2O2. The van der Waals surface area contributed by atoms with Crippen molar-refractivity contribution in [3.8, 4) is 0 Å². The van der Waals surface area contributed by atoms with Crippen molar-refractivity contribution in [2.45, 2.75) is 37.3 Å². The molecule has 1 aromatic heterocycles. The van der Waals surface area contributed by atoms with Crippen LogP contribution in [0.1, 0.15) is 37.3 Å². The van der Waals surface area contributed by atoms with Gasteiger partial charge in [-0.2, -0.15) is 0 Å². The predicted octanol–water partition coefficient (Wildman–Crippen LogP) is 1.65. The lowest BCUT2D eigenvalue weighted by atomic mass is 10.1. The minimum absolute atomic E-state index is 0.0255. The number of hydrogen-bond acceptors (Lipinski definition) is 2. The third-order valence-corrected chi connectivity index (χ3v) is 3.89. The van der Waals surface area contributed by atoms with Gasteiger partial charge in [-0.1, -0.05) is 6.07 Å². The first-order valence-corrected chi connectivity index (χ1v) is 6.14. The number of nitrogens with one attached hydrogen (secondary N) is 1. The second-order valence-electron chi connectivity index (χ2n) is 5.29. The third-order valence-electron chi connectivity index (χ3n) is 3.89. The number of benzene rings is 1. The summed E-state index contributed by atoms with van der Waals surface area (Å²) in [5.41, 5.74) is 2.08. The van der Waals surface area contributed by atoms with E-state index in [1.165, 1.54) is 0 Å². The van der Waals surface area contributed by atoms with Crippen molar-refractivity contribution in [2.75, 3.05) is 0 Å². The second kappa shape index (κ2) is 2.82. The zero-order valence-electron chi connectivity index (χ0n) is 9.44. The number of hydrogen-bond donors (Lipinski definition) is 2. The van der Waals surface area contributed by atoms with Crippen LogP contribution in [0.4, 0.5) is 0 Å². The summed E-state index contributed by atoms with van der Waals surface area (Å²) < 4.78 is 1.84. The summed E-state index contributed by atoms with van der Waals surface area (Å²) in [5.74, 6) is 0. The summed E-state index contributed by atoms with van der Waals surface area (Å²) in [7, 11) is 0. The number of imidazole rings is 1. The van der Waals surface area contributed by atoms with E-state index in [4.69, 9.17) is 0 Å². The van der Waals surface area contributed by atoms with Crippen LogP contribution in [0, 0.1) is 0 Å².